The summed E-state index contributed by atoms with van der Waals surface area (Å²) in [6.07, 6.45) is 2.32. The lowest BCUT2D eigenvalue weighted by atomic mass is 10.2. The van der Waals surface area contributed by atoms with Crippen LogP contribution in [0, 0.1) is 0 Å². The lowest BCUT2D eigenvalue weighted by Crippen LogP contribution is -2.06. The van der Waals surface area contributed by atoms with E-state index >= 15 is 0 Å². The van der Waals surface area contributed by atoms with Gasteiger partial charge in [-0.3, -0.25) is 5.32 Å². The Balaban J connectivity index is 2.39. The Morgan fingerprint density at radius 3 is 2.38 bits per heavy atom. The molecule has 1 heterocycles. The number of allylic oxidation sites excluding steroid dienone is 1. The molecule has 2 unspecified atom stereocenters. The molecule has 0 aliphatic carbocycles. The summed E-state index contributed by atoms with van der Waals surface area (Å²) in [5.74, 6) is 0. The third-order valence-corrected chi connectivity index (χ3v) is 1.57. The normalized spacial score (nSPS) is 37.6. The van der Waals surface area contributed by atoms with E-state index < -0.39 is 0 Å². The van der Waals surface area contributed by atoms with E-state index in [0.29, 0.717) is 6.04 Å². The molecule has 0 bridgehead atoms. The van der Waals surface area contributed by atoms with Crippen LogP contribution in [-0.4, -0.2) is 12.2 Å². The average Bonchev–Trinajstić information content (AvgIpc) is 2.45. The lowest BCUT2D eigenvalue weighted by molar-refractivity contribution is 1.000. The largest absolute Gasteiger partial charge is 0.314 e. The maximum absolute atomic E-state index is 5.49. The first-order valence-electron chi connectivity index (χ1n) is 2.90. The number of hydrogen-bond acceptors (Lipinski definition) is 2. The molecule has 0 amide bonds. The molecule has 8 heavy (non-hydrogen) atoms. The number of nitrogens with two attached hydrogens (primary N) is 1. The monoisotopic (exact) mass is 112 g/mol. The zero-order valence-corrected chi connectivity index (χ0v) is 5.31. The van der Waals surface area contributed by atoms with Gasteiger partial charge in [-0.25, -0.2) is 0 Å². The third-order valence-electron chi connectivity index (χ3n) is 1.57. The van der Waals surface area contributed by atoms with E-state index in [1.54, 1.807) is 0 Å². The van der Waals surface area contributed by atoms with Crippen LogP contribution in [0.2, 0.25) is 0 Å². The van der Waals surface area contributed by atoms with Crippen molar-refractivity contribution in [3.63, 3.8) is 0 Å². The van der Waals surface area contributed by atoms with Gasteiger partial charge in [-0.05, 0) is 13.8 Å². The van der Waals surface area contributed by atoms with Crippen molar-refractivity contribution in [2.45, 2.75) is 26.1 Å². The fourth-order valence-corrected chi connectivity index (χ4v) is 0.746. The van der Waals surface area contributed by atoms with Crippen LogP contribution < -0.4 is 11.1 Å². The van der Waals surface area contributed by atoms with Gasteiger partial charge in [0.05, 0.1) is 12.2 Å². The first-order chi connectivity index (χ1) is 3.75. The van der Waals surface area contributed by atoms with Gasteiger partial charge in [-0.1, -0.05) is 11.6 Å². The Hall–Kier alpha value is -0.340. The predicted octanol–water partition coefficient (Wildman–Crippen LogP) is 0.209. The van der Waals surface area contributed by atoms with Crippen LogP contribution >= 0.6 is 0 Å². The summed E-state index contributed by atoms with van der Waals surface area (Å²) in [6.45, 7) is 4.12. The van der Waals surface area contributed by atoms with Crippen molar-refractivity contribution >= 4 is 0 Å². The van der Waals surface area contributed by atoms with Crippen LogP contribution in [0.15, 0.2) is 11.6 Å². The third kappa shape index (κ3) is 0.904. The van der Waals surface area contributed by atoms with E-state index in [1.807, 2.05) is 6.92 Å². The highest BCUT2D eigenvalue weighted by atomic mass is 15.2. The van der Waals surface area contributed by atoms with Crippen molar-refractivity contribution in [3.8, 4) is 0 Å². The van der Waals surface area contributed by atoms with Crippen LogP contribution in [0.5, 0.6) is 0 Å². The number of hydrogen-bond donors (Lipinski definition) is 2. The Morgan fingerprint density at radius 2 is 2.25 bits per heavy atom. The van der Waals surface area contributed by atoms with Crippen molar-refractivity contribution < 1.29 is 0 Å². The molecule has 2 nitrogen and oxygen atoms in total. The smallest absolute Gasteiger partial charge is 0.0750 e. The molecule has 0 saturated carbocycles. The van der Waals surface area contributed by atoms with Crippen LogP contribution in [0.25, 0.3) is 0 Å². The quantitative estimate of drug-likeness (QED) is 0.376. The topological polar surface area (TPSA) is 48.0 Å². The minimum absolute atomic E-state index is 0.228. The highest BCUT2D eigenvalue weighted by Crippen LogP contribution is 2.13. The van der Waals surface area contributed by atoms with Gasteiger partial charge in [0.1, 0.15) is 0 Å². The first kappa shape index (κ1) is 5.79. The fraction of sp³-hybridized carbons (Fsp3) is 0.667. The molecule has 46 valence electrons. The fourth-order valence-electron chi connectivity index (χ4n) is 0.746. The van der Waals surface area contributed by atoms with Crippen molar-refractivity contribution in [1.29, 1.82) is 0 Å². The number of rotatable bonds is 1. The molecule has 0 aromatic carbocycles. The Bertz CT molecular complexity index is 118. The summed E-state index contributed by atoms with van der Waals surface area (Å²) < 4.78 is 0. The lowest BCUT2D eigenvalue weighted by Gasteiger charge is -1.89. The van der Waals surface area contributed by atoms with Gasteiger partial charge < -0.3 is 5.73 Å². The van der Waals surface area contributed by atoms with Crippen LogP contribution in [0.1, 0.15) is 13.8 Å². The maximum atomic E-state index is 5.49. The molecule has 1 saturated heterocycles. The van der Waals surface area contributed by atoms with E-state index in [4.69, 9.17) is 5.73 Å². The molecule has 0 spiro atoms. The average molecular weight is 112 g/mol. The van der Waals surface area contributed by atoms with Crippen molar-refractivity contribution in [3.05, 3.63) is 11.6 Å². The van der Waals surface area contributed by atoms with E-state index in [0.717, 1.165) is 0 Å². The van der Waals surface area contributed by atoms with Crippen molar-refractivity contribution in [2.75, 3.05) is 0 Å². The van der Waals surface area contributed by atoms with Crippen molar-refractivity contribution in [1.82, 2.24) is 5.32 Å². The highest BCUT2D eigenvalue weighted by Gasteiger charge is 2.32. The molecule has 0 aromatic rings. The second kappa shape index (κ2) is 1.88. The minimum atomic E-state index is 0.228. The van der Waals surface area contributed by atoms with Gasteiger partial charge in [-0.2, -0.15) is 0 Å². The summed E-state index contributed by atoms with van der Waals surface area (Å²) in [4.78, 5) is 0. The molecule has 3 N–H and O–H groups in total. The molecule has 1 fully saturated rings. The molecule has 1 rings (SSSR count). The van der Waals surface area contributed by atoms with Crippen LogP contribution in [0.4, 0.5) is 0 Å². The summed E-state index contributed by atoms with van der Waals surface area (Å²) in [6, 6.07) is 0.472. The molecule has 0 radical (unpaired) electrons. The zero-order chi connectivity index (χ0) is 6.15. The standard InChI is InChI=1S/C6H12N2/c1-3-4(2)5-6(7)8-5/h3,5-6,8H,7H2,1-2H3/b4-3+. The summed E-state index contributed by atoms with van der Waals surface area (Å²) >= 11 is 0. The zero-order valence-electron chi connectivity index (χ0n) is 5.31. The van der Waals surface area contributed by atoms with Gasteiger partial charge >= 0.3 is 0 Å². The van der Waals surface area contributed by atoms with Gasteiger partial charge in [0.2, 0.25) is 0 Å². The van der Waals surface area contributed by atoms with Crippen molar-refractivity contribution in [2.24, 2.45) is 5.73 Å². The van der Waals surface area contributed by atoms with Gasteiger partial charge in [0.15, 0.2) is 0 Å². The van der Waals surface area contributed by atoms with Gasteiger partial charge in [0, 0.05) is 0 Å². The number of nitrogens with one attached hydrogen (secondary N) is 1. The highest BCUT2D eigenvalue weighted by molar-refractivity contribution is 5.18. The molecule has 1 aliphatic heterocycles. The summed E-state index contributed by atoms with van der Waals surface area (Å²) in [5.41, 5.74) is 6.84. The molecular formula is C6H12N2. The maximum Gasteiger partial charge on any atom is 0.0750 e. The predicted molar refractivity (Wildman–Crippen MR) is 34.3 cm³/mol. The molecular weight excluding hydrogens is 100 g/mol. The second-order valence-corrected chi connectivity index (χ2v) is 2.20. The molecule has 2 atom stereocenters. The van der Waals surface area contributed by atoms with Crippen LogP contribution in [0.3, 0.4) is 0 Å². The Kier molecular flexibility index (Phi) is 1.36. The summed E-state index contributed by atoms with van der Waals surface area (Å²) in [5, 5.41) is 3.09. The van der Waals surface area contributed by atoms with Gasteiger partial charge in [0.25, 0.3) is 0 Å². The van der Waals surface area contributed by atoms with E-state index in [2.05, 4.69) is 18.3 Å². The van der Waals surface area contributed by atoms with E-state index in [9.17, 15) is 0 Å². The summed E-state index contributed by atoms with van der Waals surface area (Å²) in [7, 11) is 0. The first-order valence-corrected chi connectivity index (χ1v) is 2.90. The second-order valence-electron chi connectivity index (χ2n) is 2.20. The van der Waals surface area contributed by atoms with E-state index in [-0.39, 0.29) is 6.17 Å². The van der Waals surface area contributed by atoms with Gasteiger partial charge in [-0.15, -0.1) is 0 Å². The molecule has 2 heteroatoms. The molecule has 0 aromatic heterocycles. The molecule has 1 aliphatic rings. The van der Waals surface area contributed by atoms with E-state index in [1.165, 1.54) is 5.57 Å². The SMILES string of the molecule is C/C=C(\C)C1NC1N. The Labute approximate surface area is 49.8 Å². The minimum Gasteiger partial charge on any atom is -0.314 e. The Morgan fingerprint density at radius 1 is 1.75 bits per heavy atom. The van der Waals surface area contributed by atoms with Crippen LogP contribution in [-0.2, 0) is 0 Å².